The molecule has 0 bridgehead atoms. The standard InChI is InChI=1S/C35H58FN3O5/c1-6-9-23-31(36)38-34(33(27(4)5)37-25-7-2)39-35(42)44-29(8-3)26-43-32(41)24-18-16-14-12-10-11-13-15-17-22-30(40)28-20-19-21-28/h23,25,28-29H,6-22,24,26H2,1-5H3,(H,38,39,42)/b31-23+,37-25-. The summed E-state index contributed by atoms with van der Waals surface area (Å²) in [4.78, 5) is 45.2. The van der Waals surface area contributed by atoms with Crippen LogP contribution in [0.25, 0.3) is 0 Å². The summed E-state index contributed by atoms with van der Waals surface area (Å²) in [6.45, 7) is 9.24. The molecule has 0 spiro atoms. The molecule has 44 heavy (non-hydrogen) atoms. The molecule has 1 amide bonds. The number of unbranched alkanes of at least 4 members (excludes halogenated alkanes) is 9. The second kappa shape index (κ2) is 24.5. The highest BCUT2D eigenvalue weighted by atomic mass is 19.1. The lowest BCUT2D eigenvalue weighted by Crippen LogP contribution is -2.36. The lowest BCUT2D eigenvalue weighted by Gasteiger charge is -2.23. The first-order valence-corrected chi connectivity index (χ1v) is 17.0. The molecule has 0 heterocycles. The zero-order valence-electron chi connectivity index (χ0n) is 28.1. The number of alkyl carbamates (subject to hydrolysis) is 1. The number of nitrogens with zero attached hydrogens (tertiary/aromatic N) is 2. The molecule has 1 rings (SSSR count). The summed E-state index contributed by atoms with van der Waals surface area (Å²) in [5, 5.41) is 2.53. The number of amides is 1. The summed E-state index contributed by atoms with van der Waals surface area (Å²) in [6.07, 6.45) is 18.2. The van der Waals surface area contributed by atoms with E-state index in [9.17, 15) is 18.8 Å². The number of amidine groups is 1. The van der Waals surface area contributed by atoms with Gasteiger partial charge in [-0.3, -0.25) is 19.9 Å². The fourth-order valence-electron chi connectivity index (χ4n) is 4.68. The molecule has 1 saturated carbocycles. The molecule has 1 N–H and O–H groups in total. The first-order valence-electron chi connectivity index (χ1n) is 17.0. The molecule has 1 aliphatic carbocycles. The summed E-state index contributed by atoms with van der Waals surface area (Å²) in [7, 11) is 0. The van der Waals surface area contributed by atoms with Gasteiger partial charge in [0.25, 0.3) is 0 Å². The van der Waals surface area contributed by atoms with E-state index in [-0.39, 0.29) is 18.4 Å². The maximum atomic E-state index is 14.4. The summed E-state index contributed by atoms with van der Waals surface area (Å²) in [5.41, 5.74) is 1.11. The van der Waals surface area contributed by atoms with Crippen LogP contribution in [0.1, 0.15) is 150 Å². The molecular formula is C35H58FN3O5. The number of nitrogens with one attached hydrogen (secondary N) is 1. The van der Waals surface area contributed by atoms with Gasteiger partial charge in [-0.05, 0) is 70.4 Å². The van der Waals surface area contributed by atoms with E-state index in [1.54, 1.807) is 20.1 Å². The minimum atomic E-state index is -0.817. The van der Waals surface area contributed by atoms with Gasteiger partial charge in [-0.2, -0.15) is 4.39 Å². The van der Waals surface area contributed by atoms with E-state index in [1.165, 1.54) is 31.8 Å². The first kappa shape index (κ1) is 39.2. The van der Waals surface area contributed by atoms with Crippen LogP contribution >= 0.6 is 0 Å². The Morgan fingerprint density at radius 2 is 1.55 bits per heavy atom. The van der Waals surface area contributed by atoms with Crippen LogP contribution in [-0.2, 0) is 19.1 Å². The number of hydrogen-bond donors (Lipinski definition) is 1. The number of carbonyl (C=O) groups excluding carboxylic acids is 3. The second-order valence-corrected chi connectivity index (χ2v) is 11.9. The number of allylic oxidation sites excluding steroid dienone is 2. The minimum Gasteiger partial charge on any atom is -0.462 e. The Hall–Kier alpha value is -2.84. The zero-order valence-corrected chi connectivity index (χ0v) is 28.1. The number of Topliss-reactive ketones (excluding diaryl/α,β-unsaturated/α-hetero) is 1. The topological polar surface area (TPSA) is 106 Å². The van der Waals surface area contributed by atoms with Crippen molar-refractivity contribution in [2.75, 3.05) is 6.61 Å². The molecular weight excluding hydrogens is 561 g/mol. The van der Waals surface area contributed by atoms with Crippen molar-refractivity contribution >= 4 is 29.9 Å². The maximum Gasteiger partial charge on any atom is 0.413 e. The summed E-state index contributed by atoms with van der Waals surface area (Å²) in [6, 6.07) is 0. The number of halogens is 1. The van der Waals surface area contributed by atoms with Crippen molar-refractivity contribution in [1.82, 2.24) is 5.32 Å². The molecule has 9 heteroatoms. The number of rotatable bonds is 23. The van der Waals surface area contributed by atoms with Gasteiger partial charge in [0.1, 0.15) is 24.2 Å². The monoisotopic (exact) mass is 619 g/mol. The van der Waals surface area contributed by atoms with E-state index in [0.717, 1.165) is 69.8 Å². The normalized spacial score (nSPS) is 14.7. The van der Waals surface area contributed by atoms with Crippen molar-refractivity contribution in [3.05, 3.63) is 23.3 Å². The third kappa shape index (κ3) is 18.1. The van der Waals surface area contributed by atoms with Crippen molar-refractivity contribution in [2.45, 2.75) is 156 Å². The Morgan fingerprint density at radius 3 is 2.07 bits per heavy atom. The van der Waals surface area contributed by atoms with Gasteiger partial charge in [0.2, 0.25) is 5.95 Å². The van der Waals surface area contributed by atoms with Crippen LogP contribution in [0.3, 0.4) is 0 Å². The van der Waals surface area contributed by atoms with Gasteiger partial charge in [0, 0.05) is 25.0 Å². The van der Waals surface area contributed by atoms with Gasteiger partial charge in [0.05, 0.1) is 0 Å². The van der Waals surface area contributed by atoms with Crippen LogP contribution in [0.15, 0.2) is 33.3 Å². The van der Waals surface area contributed by atoms with Crippen molar-refractivity contribution in [2.24, 2.45) is 15.9 Å². The quantitative estimate of drug-likeness (QED) is 0.0403. The Bertz CT molecular complexity index is 981. The number of hydrogen-bond acceptors (Lipinski definition) is 7. The van der Waals surface area contributed by atoms with Gasteiger partial charge < -0.3 is 9.47 Å². The highest BCUT2D eigenvalue weighted by molar-refractivity contribution is 6.07. The van der Waals surface area contributed by atoms with Gasteiger partial charge in [-0.1, -0.05) is 78.6 Å². The summed E-state index contributed by atoms with van der Waals surface area (Å²) in [5.74, 6) is -0.204. The molecule has 250 valence electrons. The van der Waals surface area contributed by atoms with E-state index >= 15 is 0 Å². The van der Waals surface area contributed by atoms with E-state index < -0.39 is 18.1 Å². The Balaban J connectivity index is 2.33. The van der Waals surface area contributed by atoms with Crippen molar-refractivity contribution in [1.29, 1.82) is 0 Å². The number of aliphatic imine (C=N–C) groups is 2. The van der Waals surface area contributed by atoms with Crippen LogP contribution in [0.2, 0.25) is 0 Å². The predicted octanol–water partition coefficient (Wildman–Crippen LogP) is 9.48. The number of carbonyl (C=O) groups is 3. The molecule has 0 aliphatic heterocycles. The largest absolute Gasteiger partial charge is 0.462 e. The average molecular weight is 620 g/mol. The molecule has 8 nitrogen and oxygen atoms in total. The van der Waals surface area contributed by atoms with Gasteiger partial charge >= 0.3 is 12.1 Å². The number of ketones is 1. The maximum absolute atomic E-state index is 14.4. The van der Waals surface area contributed by atoms with Crippen LogP contribution in [0, 0.1) is 5.92 Å². The predicted molar refractivity (Wildman–Crippen MR) is 176 cm³/mol. The lowest BCUT2D eigenvalue weighted by atomic mass is 9.80. The summed E-state index contributed by atoms with van der Waals surface area (Å²) >= 11 is 0. The Kier molecular flexibility index (Phi) is 21.8. The second-order valence-electron chi connectivity index (χ2n) is 11.9. The van der Waals surface area contributed by atoms with Gasteiger partial charge in [0.15, 0.2) is 5.84 Å². The van der Waals surface area contributed by atoms with Gasteiger partial charge in [-0.15, -0.1) is 0 Å². The number of ether oxygens (including phenoxy) is 2. The van der Waals surface area contributed by atoms with E-state index in [1.807, 2.05) is 20.8 Å². The SMILES string of the molecule is CC/C=N\C(=C(C)C)/C(=N\C(F)=C\CCC)NC(=O)OC(CC)COC(=O)CCCCCCCCCCCC(=O)C1CCC1. The molecule has 0 saturated heterocycles. The molecule has 1 fully saturated rings. The zero-order chi connectivity index (χ0) is 32.6. The molecule has 1 atom stereocenters. The average Bonchev–Trinajstić information content (AvgIpc) is 2.95. The molecule has 1 unspecified atom stereocenters. The summed E-state index contributed by atoms with van der Waals surface area (Å²) < 4.78 is 25.3. The van der Waals surface area contributed by atoms with Gasteiger partial charge in [-0.25, -0.2) is 9.79 Å². The van der Waals surface area contributed by atoms with Crippen LogP contribution in [0.4, 0.5) is 9.18 Å². The molecule has 0 radical (unpaired) electrons. The van der Waals surface area contributed by atoms with Crippen molar-refractivity contribution in [3.8, 4) is 0 Å². The number of esters is 1. The lowest BCUT2D eigenvalue weighted by molar-refractivity contribution is -0.146. The van der Waals surface area contributed by atoms with Crippen LogP contribution in [0.5, 0.6) is 0 Å². The minimum absolute atomic E-state index is 0.0351. The smallest absolute Gasteiger partial charge is 0.413 e. The molecule has 1 aliphatic rings. The van der Waals surface area contributed by atoms with Crippen LogP contribution < -0.4 is 5.32 Å². The highest BCUT2D eigenvalue weighted by Gasteiger charge is 2.24. The highest BCUT2D eigenvalue weighted by Crippen LogP contribution is 2.28. The third-order valence-electron chi connectivity index (χ3n) is 7.67. The van der Waals surface area contributed by atoms with Crippen molar-refractivity contribution in [3.63, 3.8) is 0 Å². The van der Waals surface area contributed by atoms with Crippen LogP contribution in [-0.4, -0.2) is 42.6 Å². The van der Waals surface area contributed by atoms with E-state index in [4.69, 9.17) is 9.47 Å². The van der Waals surface area contributed by atoms with E-state index in [0.29, 0.717) is 43.1 Å². The molecule has 0 aromatic heterocycles. The Morgan fingerprint density at radius 1 is 0.932 bits per heavy atom. The molecule has 0 aromatic rings. The third-order valence-corrected chi connectivity index (χ3v) is 7.67. The molecule has 0 aromatic carbocycles. The Labute approximate surface area is 265 Å². The fourth-order valence-corrected chi connectivity index (χ4v) is 4.68. The fraction of sp³-hybridized carbons (Fsp3) is 0.743. The van der Waals surface area contributed by atoms with Crippen molar-refractivity contribution < 1.29 is 28.2 Å². The first-order chi connectivity index (χ1) is 21.2. The van der Waals surface area contributed by atoms with E-state index in [2.05, 4.69) is 15.3 Å².